The minimum atomic E-state index is -2.24. The Balaban J connectivity index is 4.19. The molecule has 0 aromatic carbocycles. The normalized spacial score (nSPS) is 12.0. The molecule has 0 N–H and O–H groups in total. The molecule has 0 fully saturated rings. The summed E-state index contributed by atoms with van der Waals surface area (Å²) in [6.07, 6.45) is 0. The van der Waals surface area contributed by atoms with E-state index in [2.05, 4.69) is 4.97 Å². The Hall–Kier alpha value is 0.886. The summed E-state index contributed by atoms with van der Waals surface area (Å²) in [6, 6.07) is 0. The summed E-state index contributed by atoms with van der Waals surface area (Å²) in [5, 5.41) is 0. The Kier molecular flexibility index (Phi) is 8.78. The van der Waals surface area contributed by atoms with Crippen molar-refractivity contribution in [2.24, 2.45) is 0 Å². The summed E-state index contributed by atoms with van der Waals surface area (Å²) in [4.78, 5) is 2.25. The summed E-state index contributed by atoms with van der Waals surface area (Å²) < 4.78 is 18.1. The second-order valence-corrected chi connectivity index (χ2v) is 9.06. The van der Waals surface area contributed by atoms with Gasteiger partial charge < -0.3 is 0 Å². The van der Waals surface area contributed by atoms with Gasteiger partial charge in [-0.3, -0.25) is 0 Å². The van der Waals surface area contributed by atoms with Gasteiger partial charge in [-0.05, 0) is 0 Å². The fourth-order valence-electron chi connectivity index (χ4n) is 1.09. The zero-order chi connectivity index (χ0) is 10.2. The summed E-state index contributed by atoms with van der Waals surface area (Å²) >= 11 is 0.00683. The van der Waals surface area contributed by atoms with E-state index in [9.17, 15) is 0 Å². The first-order chi connectivity index (χ1) is 6.24. The average Bonchev–Trinajstić information content (AvgIpc) is 2.06. The average molecular weight is 320 g/mol. The number of rotatable bonds is 8. The third-order valence-electron chi connectivity index (χ3n) is 1.41. The Bertz CT molecular complexity index is 94.4. The molecule has 0 unspecified atom stereocenters. The maximum absolute atomic E-state index is 5.68. The Morgan fingerprint density at radius 2 is 1.31 bits per heavy atom. The van der Waals surface area contributed by atoms with Crippen LogP contribution in [-0.2, 0) is 13.3 Å². The van der Waals surface area contributed by atoms with Crippen LogP contribution in [0.2, 0.25) is 9.06 Å². The molecule has 80 valence electrons. The molecule has 0 bridgehead atoms. The van der Waals surface area contributed by atoms with Crippen molar-refractivity contribution in [3.63, 3.8) is 0 Å². The molecular formula is C8H20O3SiTe. The van der Waals surface area contributed by atoms with Gasteiger partial charge in [-0.25, -0.2) is 0 Å². The summed E-state index contributed by atoms with van der Waals surface area (Å²) in [5.74, 6) is 0. The fraction of sp³-hybridized carbons (Fsp3) is 1.00. The third-order valence-corrected chi connectivity index (χ3v) is 9.74. The molecule has 0 atom stereocenters. The molecule has 0 amide bonds. The van der Waals surface area contributed by atoms with Crippen molar-refractivity contribution >= 4 is 29.7 Å². The quantitative estimate of drug-likeness (QED) is 0.638. The number of hydrogen-bond acceptors (Lipinski definition) is 3. The van der Waals surface area contributed by atoms with Gasteiger partial charge in [0.1, 0.15) is 0 Å². The summed E-state index contributed by atoms with van der Waals surface area (Å²) in [5.41, 5.74) is 0. The third kappa shape index (κ3) is 5.36. The number of hydrogen-bond donors (Lipinski definition) is 0. The van der Waals surface area contributed by atoms with Crippen LogP contribution in [0.15, 0.2) is 0 Å². The van der Waals surface area contributed by atoms with Gasteiger partial charge in [-0.15, -0.1) is 0 Å². The van der Waals surface area contributed by atoms with Crippen LogP contribution in [-0.4, -0.2) is 49.5 Å². The van der Waals surface area contributed by atoms with Crippen LogP contribution in [0.1, 0.15) is 20.8 Å². The van der Waals surface area contributed by atoms with Gasteiger partial charge in [-0.2, -0.15) is 0 Å². The van der Waals surface area contributed by atoms with Crippen molar-refractivity contribution in [1.29, 1.82) is 0 Å². The minimum absolute atomic E-state index is 0.00683. The van der Waals surface area contributed by atoms with Gasteiger partial charge in [0.2, 0.25) is 0 Å². The molecule has 0 aliphatic carbocycles. The molecule has 0 saturated heterocycles. The van der Waals surface area contributed by atoms with Crippen LogP contribution >= 0.6 is 0 Å². The van der Waals surface area contributed by atoms with Gasteiger partial charge in [0.25, 0.3) is 0 Å². The predicted molar refractivity (Wildman–Crippen MR) is 57.1 cm³/mol. The van der Waals surface area contributed by atoms with E-state index in [1.807, 2.05) is 20.8 Å². The van der Waals surface area contributed by atoms with E-state index in [-0.39, 0.29) is 20.9 Å². The predicted octanol–water partition coefficient (Wildman–Crippen LogP) is 1.74. The van der Waals surface area contributed by atoms with E-state index in [4.69, 9.17) is 13.3 Å². The molecule has 0 radical (unpaired) electrons. The molecule has 0 saturated carbocycles. The van der Waals surface area contributed by atoms with Crippen molar-refractivity contribution in [2.45, 2.75) is 29.8 Å². The maximum atomic E-state index is 5.68. The first-order valence-corrected chi connectivity index (χ1v) is 10.6. The molecule has 3 nitrogen and oxygen atoms in total. The van der Waals surface area contributed by atoms with E-state index in [1.165, 1.54) is 0 Å². The molecule has 0 spiro atoms. The SMILES string of the molecule is CCO[Si](C[Te]C)(OCC)OCC. The molecule has 0 heterocycles. The Labute approximate surface area is 92.6 Å². The first kappa shape index (κ1) is 13.9. The molecule has 0 aliphatic heterocycles. The molecule has 0 aliphatic rings. The molecule has 0 aromatic rings. The standard InChI is InChI=1S/C8H20O3SiTe/c1-5-9-12(8-13-4,10-6-2)11-7-3/h5-8H2,1-4H3. The fourth-order valence-corrected chi connectivity index (χ4v) is 8.43. The van der Waals surface area contributed by atoms with Gasteiger partial charge in [-0.1, -0.05) is 0 Å². The van der Waals surface area contributed by atoms with Crippen molar-refractivity contribution in [2.75, 3.05) is 19.8 Å². The molecular weight excluding hydrogens is 300 g/mol. The van der Waals surface area contributed by atoms with Gasteiger partial charge in [0.15, 0.2) is 0 Å². The second-order valence-electron chi connectivity index (χ2n) is 2.42. The Morgan fingerprint density at radius 1 is 0.923 bits per heavy atom. The zero-order valence-electron chi connectivity index (χ0n) is 8.96. The van der Waals surface area contributed by atoms with Gasteiger partial charge in [0, 0.05) is 0 Å². The van der Waals surface area contributed by atoms with E-state index < -0.39 is 8.80 Å². The first-order valence-electron chi connectivity index (χ1n) is 4.65. The molecule has 0 aromatic heterocycles. The van der Waals surface area contributed by atoms with Crippen molar-refractivity contribution < 1.29 is 13.3 Å². The van der Waals surface area contributed by atoms with Crippen molar-refractivity contribution in [1.82, 2.24) is 0 Å². The van der Waals surface area contributed by atoms with Crippen LogP contribution in [0.3, 0.4) is 0 Å². The monoisotopic (exact) mass is 322 g/mol. The van der Waals surface area contributed by atoms with E-state index in [1.54, 1.807) is 0 Å². The topological polar surface area (TPSA) is 27.7 Å². The Morgan fingerprint density at radius 3 is 1.54 bits per heavy atom. The van der Waals surface area contributed by atoms with E-state index in [0.29, 0.717) is 19.8 Å². The van der Waals surface area contributed by atoms with Gasteiger partial charge in [0.05, 0.1) is 0 Å². The molecule has 5 heteroatoms. The second kappa shape index (κ2) is 8.22. The summed E-state index contributed by atoms with van der Waals surface area (Å²) in [7, 11) is -2.24. The van der Waals surface area contributed by atoms with Crippen LogP contribution in [0, 0.1) is 0 Å². The molecule has 13 heavy (non-hydrogen) atoms. The van der Waals surface area contributed by atoms with Crippen LogP contribution in [0.4, 0.5) is 0 Å². The van der Waals surface area contributed by atoms with E-state index in [0.717, 1.165) is 4.09 Å². The van der Waals surface area contributed by atoms with Gasteiger partial charge >= 0.3 is 92.7 Å². The summed E-state index contributed by atoms with van der Waals surface area (Å²) in [6.45, 7) is 8.07. The molecule has 0 rings (SSSR count). The van der Waals surface area contributed by atoms with Crippen LogP contribution in [0.25, 0.3) is 0 Å². The van der Waals surface area contributed by atoms with Crippen molar-refractivity contribution in [3.05, 3.63) is 0 Å². The zero-order valence-corrected chi connectivity index (χ0v) is 12.3. The van der Waals surface area contributed by atoms with Crippen LogP contribution in [0.5, 0.6) is 0 Å². The van der Waals surface area contributed by atoms with Crippen LogP contribution < -0.4 is 0 Å². The van der Waals surface area contributed by atoms with Crippen molar-refractivity contribution in [3.8, 4) is 0 Å². The van der Waals surface area contributed by atoms with E-state index >= 15 is 0 Å².